The molecule has 0 spiro atoms. The first kappa shape index (κ1) is 21.6. The van der Waals surface area contributed by atoms with Gasteiger partial charge in [-0.1, -0.05) is 18.2 Å². The summed E-state index contributed by atoms with van der Waals surface area (Å²) >= 11 is 1.25. The molecule has 0 saturated carbocycles. The highest BCUT2D eigenvalue weighted by molar-refractivity contribution is 7.11. The summed E-state index contributed by atoms with van der Waals surface area (Å²) in [6, 6.07) is 12.8. The lowest BCUT2D eigenvalue weighted by Gasteiger charge is -2.17. The van der Waals surface area contributed by atoms with Crippen molar-refractivity contribution in [3.63, 3.8) is 0 Å². The summed E-state index contributed by atoms with van der Waals surface area (Å²) in [5.74, 6) is -1.00. The quantitative estimate of drug-likeness (QED) is 0.515. The number of halogens is 3. The van der Waals surface area contributed by atoms with E-state index in [1.807, 2.05) is 13.0 Å². The van der Waals surface area contributed by atoms with E-state index >= 15 is 0 Å². The third kappa shape index (κ3) is 3.87. The van der Waals surface area contributed by atoms with E-state index in [4.69, 9.17) is 4.74 Å². The number of nitrogens with one attached hydrogen (secondary N) is 1. The van der Waals surface area contributed by atoms with Crippen molar-refractivity contribution >= 4 is 40.1 Å². The van der Waals surface area contributed by atoms with Crippen molar-refractivity contribution in [2.45, 2.75) is 13.1 Å². The van der Waals surface area contributed by atoms with Crippen LogP contribution in [0.4, 0.5) is 24.5 Å². The molecule has 1 aliphatic heterocycles. The van der Waals surface area contributed by atoms with E-state index in [-0.39, 0.29) is 17.0 Å². The van der Waals surface area contributed by atoms with Crippen LogP contribution < -0.4 is 15.0 Å². The fraction of sp³-hybridized carbons (Fsp3) is 0.130. The molecule has 0 aliphatic carbocycles. The lowest BCUT2D eigenvalue weighted by Crippen LogP contribution is -2.32. The van der Waals surface area contributed by atoms with Crippen LogP contribution >= 0.6 is 11.3 Å². The number of thiophene rings is 1. The van der Waals surface area contributed by atoms with Crippen molar-refractivity contribution < 1.29 is 27.5 Å². The number of aryl methyl sites for hydroxylation is 1. The van der Waals surface area contributed by atoms with E-state index in [0.29, 0.717) is 16.3 Å². The minimum atomic E-state index is -4.61. The highest BCUT2D eigenvalue weighted by atomic mass is 32.1. The Morgan fingerprint density at radius 3 is 2.44 bits per heavy atom. The number of benzene rings is 2. The number of carbonyl (C=O) groups excluding carboxylic acids is 2. The van der Waals surface area contributed by atoms with Crippen LogP contribution in [0.1, 0.15) is 16.0 Å². The van der Waals surface area contributed by atoms with Crippen molar-refractivity contribution in [3.8, 4) is 5.75 Å². The highest BCUT2D eigenvalue weighted by Crippen LogP contribution is 2.39. The first-order valence-electron chi connectivity index (χ1n) is 9.46. The average molecular weight is 458 g/mol. The molecule has 32 heavy (non-hydrogen) atoms. The summed E-state index contributed by atoms with van der Waals surface area (Å²) in [7, 11) is 1.47. The Morgan fingerprint density at radius 2 is 1.78 bits per heavy atom. The maximum atomic E-state index is 13.3. The zero-order chi connectivity index (χ0) is 23.0. The van der Waals surface area contributed by atoms with Gasteiger partial charge in [-0.3, -0.25) is 9.59 Å². The molecule has 2 amide bonds. The molecule has 0 radical (unpaired) electrons. The molecule has 9 heteroatoms. The fourth-order valence-corrected chi connectivity index (χ4v) is 4.17. The number of imide groups is 1. The minimum absolute atomic E-state index is 0.0289. The van der Waals surface area contributed by atoms with Gasteiger partial charge in [0.25, 0.3) is 11.8 Å². The number of ether oxygens (including phenoxy) is 1. The zero-order valence-corrected chi connectivity index (χ0v) is 17.8. The van der Waals surface area contributed by atoms with Gasteiger partial charge in [0.15, 0.2) is 0 Å². The van der Waals surface area contributed by atoms with Crippen LogP contribution in [0.25, 0.3) is 5.57 Å². The molecule has 0 atom stereocenters. The Hall–Kier alpha value is -3.59. The van der Waals surface area contributed by atoms with Gasteiger partial charge >= 0.3 is 6.18 Å². The van der Waals surface area contributed by atoms with Crippen molar-refractivity contribution in [1.29, 1.82) is 0 Å². The second-order valence-corrected chi connectivity index (χ2v) is 8.00. The molecule has 1 aromatic heterocycles. The summed E-state index contributed by atoms with van der Waals surface area (Å²) in [6.45, 7) is 1.86. The minimum Gasteiger partial charge on any atom is -0.495 e. The third-order valence-corrected chi connectivity index (χ3v) is 5.79. The van der Waals surface area contributed by atoms with E-state index in [1.54, 1.807) is 29.6 Å². The number of amides is 2. The van der Waals surface area contributed by atoms with Crippen molar-refractivity contribution in [2.24, 2.45) is 0 Å². The van der Waals surface area contributed by atoms with Gasteiger partial charge in [0.2, 0.25) is 0 Å². The molecule has 0 bridgehead atoms. The molecule has 3 aromatic rings. The monoisotopic (exact) mass is 458 g/mol. The van der Waals surface area contributed by atoms with Crippen LogP contribution in [0, 0.1) is 6.92 Å². The SMILES string of the molecule is COc1ccc(C)cc1NC1=C(c2cccs2)C(=O)N(c2cccc(C(F)(F)F)c2)C1=O. The summed E-state index contributed by atoms with van der Waals surface area (Å²) in [4.78, 5) is 27.9. The number of nitrogens with zero attached hydrogens (tertiary/aromatic N) is 1. The molecule has 0 fully saturated rings. The molecule has 1 aliphatic rings. The Kier molecular flexibility index (Phi) is 5.52. The number of hydrogen-bond acceptors (Lipinski definition) is 5. The predicted molar refractivity (Wildman–Crippen MR) is 117 cm³/mol. The fourth-order valence-electron chi connectivity index (χ4n) is 3.41. The highest BCUT2D eigenvalue weighted by Gasteiger charge is 2.42. The topological polar surface area (TPSA) is 58.6 Å². The molecular formula is C23H17F3N2O3S. The second kappa shape index (κ2) is 8.16. The van der Waals surface area contributed by atoms with E-state index in [2.05, 4.69) is 5.32 Å². The zero-order valence-electron chi connectivity index (χ0n) is 17.0. The lowest BCUT2D eigenvalue weighted by atomic mass is 10.1. The predicted octanol–water partition coefficient (Wildman–Crippen LogP) is 5.48. The molecule has 5 nitrogen and oxygen atoms in total. The maximum absolute atomic E-state index is 13.3. The molecule has 0 saturated heterocycles. The number of carbonyl (C=O) groups is 2. The molecule has 0 unspecified atom stereocenters. The van der Waals surface area contributed by atoms with Crippen LogP contribution in [0.15, 0.2) is 65.7 Å². The van der Waals surface area contributed by atoms with E-state index in [9.17, 15) is 22.8 Å². The number of rotatable bonds is 5. The van der Waals surface area contributed by atoms with Crippen molar-refractivity contribution in [3.05, 3.63) is 81.7 Å². The summed E-state index contributed by atoms with van der Waals surface area (Å²) in [5, 5.41) is 4.74. The second-order valence-electron chi connectivity index (χ2n) is 7.05. The van der Waals surface area contributed by atoms with E-state index in [0.717, 1.165) is 22.6 Å². The van der Waals surface area contributed by atoms with Gasteiger partial charge in [-0.25, -0.2) is 4.90 Å². The summed E-state index contributed by atoms with van der Waals surface area (Å²) in [6.07, 6.45) is -4.61. The average Bonchev–Trinajstić information content (AvgIpc) is 3.34. The van der Waals surface area contributed by atoms with Crippen LogP contribution in [-0.2, 0) is 15.8 Å². The van der Waals surface area contributed by atoms with Crippen LogP contribution in [0.5, 0.6) is 5.75 Å². The normalized spacial score (nSPS) is 14.3. The lowest BCUT2D eigenvalue weighted by molar-refractivity contribution is -0.137. The smallest absolute Gasteiger partial charge is 0.416 e. The Bertz CT molecular complexity index is 1230. The number of hydrogen-bond donors (Lipinski definition) is 1. The number of anilines is 2. The molecule has 1 N–H and O–H groups in total. The molecular weight excluding hydrogens is 441 g/mol. The Morgan fingerprint density at radius 1 is 1.00 bits per heavy atom. The van der Waals surface area contributed by atoms with Crippen LogP contribution in [0.3, 0.4) is 0 Å². The molecule has 2 aromatic carbocycles. The van der Waals surface area contributed by atoms with Gasteiger partial charge in [0, 0.05) is 4.88 Å². The largest absolute Gasteiger partial charge is 0.495 e. The summed E-state index contributed by atoms with van der Waals surface area (Å²) in [5.41, 5.74) is 0.304. The molecule has 164 valence electrons. The van der Waals surface area contributed by atoms with Gasteiger partial charge in [-0.05, 0) is 54.3 Å². The van der Waals surface area contributed by atoms with Gasteiger partial charge < -0.3 is 10.1 Å². The summed E-state index contributed by atoms with van der Waals surface area (Å²) < 4.78 is 45.0. The number of alkyl halides is 3. The van der Waals surface area contributed by atoms with Crippen molar-refractivity contribution in [1.82, 2.24) is 0 Å². The standard InChI is InChI=1S/C23H17F3N2O3S/c1-13-8-9-17(31-2)16(11-13)27-20-19(18-7-4-10-32-18)21(29)28(22(20)30)15-6-3-5-14(12-15)23(24,25)26/h3-12,27H,1-2H3. The third-order valence-electron chi connectivity index (χ3n) is 4.90. The maximum Gasteiger partial charge on any atom is 0.416 e. The number of methoxy groups -OCH3 is 1. The molecule has 2 heterocycles. The Labute approximate surface area is 185 Å². The molecule has 4 rings (SSSR count). The van der Waals surface area contributed by atoms with E-state index in [1.165, 1.54) is 30.6 Å². The van der Waals surface area contributed by atoms with Gasteiger partial charge in [-0.15, -0.1) is 11.3 Å². The van der Waals surface area contributed by atoms with Gasteiger partial charge in [0.1, 0.15) is 11.4 Å². The van der Waals surface area contributed by atoms with Gasteiger partial charge in [0.05, 0.1) is 29.6 Å². The van der Waals surface area contributed by atoms with Gasteiger partial charge in [-0.2, -0.15) is 13.2 Å². The van der Waals surface area contributed by atoms with Crippen LogP contribution in [0.2, 0.25) is 0 Å². The van der Waals surface area contributed by atoms with Crippen molar-refractivity contribution in [2.75, 3.05) is 17.3 Å². The van der Waals surface area contributed by atoms with Crippen LogP contribution in [-0.4, -0.2) is 18.9 Å². The van der Waals surface area contributed by atoms with E-state index < -0.39 is 23.6 Å². The first-order chi connectivity index (χ1) is 15.2. The first-order valence-corrected chi connectivity index (χ1v) is 10.3. The Balaban J connectivity index is 1.82.